The molecule has 0 aliphatic heterocycles. The molecule has 1 N–H and O–H groups in total. The fraction of sp³-hybridized carbons (Fsp3) is 0.625. The van der Waals surface area contributed by atoms with Crippen molar-refractivity contribution in [3.8, 4) is 0 Å². The minimum Gasteiger partial charge on any atom is -0.319 e. The number of fused-ring (bicyclic) bond motifs is 2. The van der Waals surface area contributed by atoms with Crippen molar-refractivity contribution in [1.29, 1.82) is 0 Å². The fourth-order valence-corrected chi connectivity index (χ4v) is 4.46. The quantitative estimate of drug-likeness (QED) is 0.860. The summed E-state index contributed by atoms with van der Waals surface area (Å²) in [6, 6.07) is 7.16. The van der Waals surface area contributed by atoms with Crippen molar-refractivity contribution >= 4 is 0 Å². The smallest absolute Gasteiger partial charge is 0.123 e. The lowest BCUT2D eigenvalue weighted by atomic mass is 9.69. The van der Waals surface area contributed by atoms with Crippen LogP contribution in [0, 0.1) is 23.1 Å². The van der Waals surface area contributed by atoms with Crippen LogP contribution in [0.1, 0.15) is 31.2 Å². The summed E-state index contributed by atoms with van der Waals surface area (Å²) >= 11 is 0. The van der Waals surface area contributed by atoms with Gasteiger partial charge < -0.3 is 5.32 Å². The van der Waals surface area contributed by atoms with E-state index < -0.39 is 0 Å². The first-order valence-corrected chi connectivity index (χ1v) is 7.11. The van der Waals surface area contributed by atoms with Crippen molar-refractivity contribution in [1.82, 2.24) is 5.32 Å². The van der Waals surface area contributed by atoms with E-state index in [0.29, 0.717) is 5.41 Å². The Morgan fingerprint density at radius 1 is 1.39 bits per heavy atom. The van der Waals surface area contributed by atoms with E-state index in [4.69, 9.17) is 0 Å². The zero-order valence-corrected chi connectivity index (χ0v) is 11.1. The van der Waals surface area contributed by atoms with Crippen LogP contribution < -0.4 is 5.32 Å². The highest BCUT2D eigenvalue weighted by atomic mass is 19.1. The summed E-state index contributed by atoms with van der Waals surface area (Å²) in [6.07, 6.45) is 6.56. The van der Waals surface area contributed by atoms with Crippen LogP contribution in [0.2, 0.25) is 0 Å². The van der Waals surface area contributed by atoms with Crippen molar-refractivity contribution < 1.29 is 4.39 Å². The van der Waals surface area contributed by atoms with Gasteiger partial charge in [-0.2, -0.15) is 0 Å². The molecule has 0 heterocycles. The molecule has 2 saturated carbocycles. The largest absolute Gasteiger partial charge is 0.319 e. The second-order valence-electron chi connectivity index (χ2n) is 6.28. The third-order valence-corrected chi connectivity index (χ3v) is 5.08. The monoisotopic (exact) mass is 247 g/mol. The lowest BCUT2D eigenvalue weighted by Crippen LogP contribution is -2.39. The molecule has 2 heteroatoms. The summed E-state index contributed by atoms with van der Waals surface area (Å²) in [7, 11) is 2.04. The van der Waals surface area contributed by atoms with Gasteiger partial charge in [-0.15, -0.1) is 0 Å². The molecule has 0 aromatic heterocycles. The zero-order chi connectivity index (χ0) is 12.6. The minimum atomic E-state index is -0.102. The van der Waals surface area contributed by atoms with Gasteiger partial charge in [-0.1, -0.05) is 18.6 Å². The van der Waals surface area contributed by atoms with E-state index in [-0.39, 0.29) is 5.82 Å². The molecule has 2 aliphatic rings. The lowest BCUT2D eigenvalue weighted by molar-refractivity contribution is 0.160. The molecule has 1 nitrogen and oxygen atoms in total. The predicted octanol–water partition coefficient (Wildman–Crippen LogP) is 3.39. The molecular weight excluding hydrogens is 225 g/mol. The first kappa shape index (κ1) is 12.2. The van der Waals surface area contributed by atoms with Gasteiger partial charge in [0.2, 0.25) is 0 Å². The van der Waals surface area contributed by atoms with Gasteiger partial charge in [-0.3, -0.25) is 0 Å². The Bertz CT molecular complexity index is 431. The van der Waals surface area contributed by atoms with Gasteiger partial charge in [0.1, 0.15) is 5.82 Å². The van der Waals surface area contributed by atoms with Crippen LogP contribution >= 0.6 is 0 Å². The summed E-state index contributed by atoms with van der Waals surface area (Å²) in [5.74, 6) is 1.67. The summed E-state index contributed by atoms with van der Waals surface area (Å²) in [6.45, 7) is 1.07. The van der Waals surface area contributed by atoms with Gasteiger partial charge in [0.15, 0.2) is 0 Å². The summed E-state index contributed by atoms with van der Waals surface area (Å²) in [5, 5.41) is 3.38. The molecule has 18 heavy (non-hydrogen) atoms. The molecule has 3 unspecified atom stereocenters. The van der Waals surface area contributed by atoms with E-state index in [1.807, 2.05) is 13.1 Å². The highest BCUT2D eigenvalue weighted by Gasteiger charge is 2.50. The van der Waals surface area contributed by atoms with Crippen molar-refractivity contribution in [2.24, 2.45) is 17.3 Å². The lowest BCUT2D eigenvalue weighted by Gasteiger charge is -2.38. The average Bonchev–Trinajstić information content (AvgIpc) is 2.89. The first-order chi connectivity index (χ1) is 8.72. The van der Waals surface area contributed by atoms with Gasteiger partial charge >= 0.3 is 0 Å². The van der Waals surface area contributed by atoms with E-state index in [1.165, 1.54) is 31.7 Å². The molecule has 2 bridgehead atoms. The maximum absolute atomic E-state index is 13.3. The van der Waals surface area contributed by atoms with Crippen molar-refractivity contribution in [2.75, 3.05) is 13.6 Å². The molecule has 0 radical (unpaired) electrons. The number of hydrogen-bond donors (Lipinski definition) is 1. The third kappa shape index (κ3) is 2.07. The zero-order valence-electron chi connectivity index (χ0n) is 11.1. The molecular formula is C16H22FN. The van der Waals surface area contributed by atoms with Crippen LogP contribution in [0.5, 0.6) is 0 Å². The first-order valence-electron chi connectivity index (χ1n) is 7.11. The molecule has 2 fully saturated rings. The number of nitrogens with one attached hydrogen (secondary N) is 1. The summed E-state index contributed by atoms with van der Waals surface area (Å²) in [5.41, 5.74) is 1.55. The molecule has 98 valence electrons. The summed E-state index contributed by atoms with van der Waals surface area (Å²) < 4.78 is 13.3. The Labute approximate surface area is 109 Å². The molecule has 3 rings (SSSR count). The molecule has 0 spiro atoms. The third-order valence-electron chi connectivity index (χ3n) is 5.08. The second kappa shape index (κ2) is 4.65. The van der Waals surface area contributed by atoms with Crippen LogP contribution in [0.25, 0.3) is 0 Å². The molecule has 3 atom stereocenters. The molecule has 2 aliphatic carbocycles. The van der Waals surface area contributed by atoms with E-state index in [2.05, 4.69) is 11.4 Å². The van der Waals surface area contributed by atoms with Gasteiger partial charge in [0.25, 0.3) is 0 Å². The van der Waals surface area contributed by atoms with Crippen LogP contribution in [0.4, 0.5) is 4.39 Å². The fourth-order valence-electron chi connectivity index (χ4n) is 4.46. The Morgan fingerprint density at radius 2 is 2.28 bits per heavy atom. The van der Waals surface area contributed by atoms with E-state index in [1.54, 1.807) is 6.07 Å². The predicted molar refractivity (Wildman–Crippen MR) is 71.9 cm³/mol. The Morgan fingerprint density at radius 3 is 2.89 bits per heavy atom. The number of benzene rings is 1. The topological polar surface area (TPSA) is 12.0 Å². The molecule has 0 amide bonds. The molecule has 1 aromatic rings. The average molecular weight is 247 g/mol. The van der Waals surface area contributed by atoms with E-state index in [0.717, 1.165) is 30.4 Å². The normalized spacial score (nSPS) is 34.1. The number of rotatable bonds is 4. The molecule has 1 aromatic carbocycles. The summed E-state index contributed by atoms with van der Waals surface area (Å²) in [4.78, 5) is 0. The Hall–Kier alpha value is -0.890. The standard InChI is InChI=1S/C16H22FN/c1-18-11-16(10-13-5-6-14(16)7-13)9-12-3-2-4-15(17)8-12/h2-4,8,13-14,18H,5-7,9-11H2,1H3. The second-order valence-corrected chi connectivity index (χ2v) is 6.28. The Kier molecular flexibility index (Phi) is 3.14. The van der Waals surface area contributed by atoms with E-state index >= 15 is 0 Å². The van der Waals surface area contributed by atoms with Crippen molar-refractivity contribution in [3.63, 3.8) is 0 Å². The SMILES string of the molecule is CNCC1(Cc2cccc(F)c2)CC2CCC1C2. The highest BCUT2D eigenvalue weighted by Crippen LogP contribution is 2.57. The van der Waals surface area contributed by atoms with Crippen LogP contribution in [0.3, 0.4) is 0 Å². The highest BCUT2D eigenvalue weighted by molar-refractivity contribution is 5.20. The van der Waals surface area contributed by atoms with Crippen LogP contribution in [0.15, 0.2) is 24.3 Å². The maximum atomic E-state index is 13.3. The number of hydrogen-bond acceptors (Lipinski definition) is 1. The minimum absolute atomic E-state index is 0.102. The van der Waals surface area contributed by atoms with Gasteiger partial charge in [0.05, 0.1) is 0 Å². The van der Waals surface area contributed by atoms with Crippen molar-refractivity contribution in [2.45, 2.75) is 32.1 Å². The molecule has 0 saturated heterocycles. The van der Waals surface area contributed by atoms with Crippen LogP contribution in [-0.4, -0.2) is 13.6 Å². The van der Waals surface area contributed by atoms with Crippen LogP contribution in [-0.2, 0) is 6.42 Å². The van der Waals surface area contributed by atoms with Crippen molar-refractivity contribution in [3.05, 3.63) is 35.6 Å². The van der Waals surface area contributed by atoms with Gasteiger partial charge in [0, 0.05) is 6.54 Å². The Balaban J connectivity index is 1.83. The van der Waals surface area contributed by atoms with Gasteiger partial charge in [-0.05, 0) is 67.7 Å². The van der Waals surface area contributed by atoms with Gasteiger partial charge in [-0.25, -0.2) is 4.39 Å². The maximum Gasteiger partial charge on any atom is 0.123 e. The van der Waals surface area contributed by atoms with E-state index in [9.17, 15) is 4.39 Å². The number of halogens is 1.